The van der Waals surface area contributed by atoms with E-state index in [2.05, 4.69) is 18.0 Å². The standard InChI is InChI=1S/C36H24N2O8S2Se2.Na/c1-3-9-34(48(42,43)44)38-27-19-31-25(23-11-6-8-13-29(23)46-31)17-33(27)50-36(38)15-21(4-2)14-35-37(20-47(39,40)41)26-18-30-24(16-32(26)49-35)22-10-5-7-12-28(22)45-30;/h5-8,10-19H,1,4,20H2,2H3,(H-,39,40,41,42,43,44);/q;+1/p-1. The van der Waals surface area contributed by atoms with Crippen LogP contribution >= 0.6 is 0 Å². The first-order chi connectivity index (χ1) is 23.9. The molecule has 0 spiro atoms. The second kappa shape index (κ2) is 13.5. The van der Waals surface area contributed by atoms with Crippen molar-refractivity contribution in [1.82, 2.24) is 0 Å². The molecule has 4 heterocycles. The van der Waals surface area contributed by atoms with Gasteiger partial charge in [-0.3, -0.25) is 0 Å². The van der Waals surface area contributed by atoms with E-state index in [4.69, 9.17) is 8.83 Å². The van der Waals surface area contributed by atoms with Gasteiger partial charge in [-0.15, -0.1) is 0 Å². The SMILES string of the molecule is C=C=C=C(N1C(=CC(=Cc2[se]c3cc4c(cc3[n+]2CS(=O)(=O)[O-])oc2ccccc24)CC)[Se]c2cc3c(cc21)oc1ccccc13)S(=O)(=O)[O-].[Na+]. The second-order valence-corrected chi connectivity index (χ2v) is 18.6. The van der Waals surface area contributed by atoms with E-state index in [-0.39, 0.29) is 29.6 Å². The molecule has 15 heteroatoms. The van der Waals surface area contributed by atoms with Crippen molar-refractivity contribution in [2.75, 3.05) is 4.90 Å². The molecule has 1 aliphatic heterocycles. The second-order valence-electron chi connectivity index (χ2n) is 11.4. The van der Waals surface area contributed by atoms with Crippen molar-refractivity contribution >= 4 is 120 Å². The molecule has 0 bridgehead atoms. The summed E-state index contributed by atoms with van der Waals surface area (Å²) in [6.07, 6.45) is 4.12. The van der Waals surface area contributed by atoms with Crippen LogP contribution in [0.15, 0.2) is 121 Å². The van der Waals surface area contributed by atoms with E-state index in [1.165, 1.54) is 9.47 Å². The Morgan fingerprint density at radius 3 is 2.14 bits per heavy atom. The molecule has 10 nitrogen and oxygen atoms in total. The Morgan fingerprint density at radius 2 is 1.53 bits per heavy atom. The normalized spacial score (nSPS) is 14.5. The van der Waals surface area contributed by atoms with Gasteiger partial charge in [0.1, 0.15) is 0 Å². The minimum atomic E-state index is -5.05. The van der Waals surface area contributed by atoms with Crippen LogP contribution in [-0.4, -0.2) is 55.4 Å². The third-order valence-corrected chi connectivity index (χ3v) is 14.2. The summed E-state index contributed by atoms with van der Waals surface area (Å²) in [6, 6.07) is 22.6. The number of anilines is 1. The van der Waals surface area contributed by atoms with Crippen LogP contribution in [0.1, 0.15) is 17.9 Å². The van der Waals surface area contributed by atoms with Gasteiger partial charge in [0.25, 0.3) is 0 Å². The number of hydrogen-bond donors (Lipinski definition) is 0. The van der Waals surface area contributed by atoms with Gasteiger partial charge >= 0.3 is 329 Å². The average Bonchev–Trinajstić information content (AvgIpc) is 3.80. The summed E-state index contributed by atoms with van der Waals surface area (Å²) in [5.41, 5.74) is 9.01. The number of benzene rings is 4. The minimum Gasteiger partial charge on any atom is 1.00 e. The number of hydrogen-bond acceptors (Lipinski definition) is 9. The summed E-state index contributed by atoms with van der Waals surface area (Å²) in [5.74, 6) is -0.771. The number of fused-ring (bicyclic) bond motifs is 8. The van der Waals surface area contributed by atoms with Gasteiger partial charge in [-0.2, -0.15) is 0 Å². The molecule has 250 valence electrons. The molecule has 4 aromatic carbocycles. The molecule has 3 aromatic heterocycles. The Hall–Kier alpha value is -3.41. The summed E-state index contributed by atoms with van der Waals surface area (Å²) < 4.78 is 90.9. The van der Waals surface area contributed by atoms with Crippen molar-refractivity contribution in [1.29, 1.82) is 0 Å². The molecular weight excluding hydrogens is 833 g/mol. The molecule has 0 fully saturated rings. The largest absolute Gasteiger partial charge is 1.00 e. The molecule has 7 aromatic rings. The Labute approximate surface area is 326 Å². The predicted octanol–water partition coefficient (Wildman–Crippen LogP) is 2.30. The van der Waals surface area contributed by atoms with E-state index < -0.39 is 60.6 Å². The summed E-state index contributed by atoms with van der Waals surface area (Å²) in [6.45, 7) is 5.37. The van der Waals surface area contributed by atoms with Crippen LogP contribution in [0.4, 0.5) is 5.69 Å². The zero-order valence-electron chi connectivity index (χ0n) is 27.0. The third-order valence-electron chi connectivity index (χ3n) is 8.31. The number of furan rings is 2. The van der Waals surface area contributed by atoms with Gasteiger partial charge in [-0.05, 0) is 0 Å². The van der Waals surface area contributed by atoms with E-state index in [0.717, 1.165) is 35.8 Å². The van der Waals surface area contributed by atoms with Crippen molar-refractivity contribution in [3.63, 3.8) is 0 Å². The fourth-order valence-electron chi connectivity index (χ4n) is 6.17. The molecule has 0 aliphatic carbocycles. The zero-order valence-corrected chi connectivity index (χ0v) is 34.1. The monoisotopic (exact) mass is 858 g/mol. The molecule has 0 atom stereocenters. The van der Waals surface area contributed by atoms with Gasteiger partial charge in [0.2, 0.25) is 0 Å². The van der Waals surface area contributed by atoms with Gasteiger partial charge in [0.15, 0.2) is 0 Å². The molecule has 0 N–H and O–H groups in total. The molecule has 0 saturated carbocycles. The molecular formula is C36H23N2NaO8S2Se2. The van der Waals surface area contributed by atoms with Crippen LogP contribution in [-0.2, 0) is 26.1 Å². The molecule has 1 aliphatic rings. The van der Waals surface area contributed by atoms with E-state index in [1.54, 1.807) is 12.1 Å². The molecule has 0 unspecified atom stereocenters. The first-order valence-corrected chi connectivity index (χ1v) is 21.5. The zero-order chi connectivity index (χ0) is 34.9. The van der Waals surface area contributed by atoms with Gasteiger partial charge < -0.3 is 0 Å². The van der Waals surface area contributed by atoms with Crippen molar-refractivity contribution < 1.29 is 68.9 Å². The Kier molecular flexibility index (Phi) is 9.54. The number of para-hydroxylation sites is 2. The number of rotatable bonds is 7. The average molecular weight is 857 g/mol. The van der Waals surface area contributed by atoms with Crippen LogP contribution in [0.2, 0.25) is 0 Å². The van der Waals surface area contributed by atoms with E-state index in [0.29, 0.717) is 49.1 Å². The first-order valence-electron chi connectivity index (χ1n) is 15.1. The molecule has 51 heavy (non-hydrogen) atoms. The fraction of sp³-hybridized carbons (Fsp3) is 0.0833. The molecule has 0 amide bonds. The van der Waals surface area contributed by atoms with Gasteiger partial charge in [0, 0.05) is 0 Å². The maximum atomic E-state index is 12.6. The maximum Gasteiger partial charge on any atom is 1.00 e. The van der Waals surface area contributed by atoms with Crippen molar-refractivity contribution in [3.8, 4) is 0 Å². The van der Waals surface area contributed by atoms with Gasteiger partial charge in [0.05, 0.1) is 0 Å². The van der Waals surface area contributed by atoms with Crippen LogP contribution in [0.3, 0.4) is 0 Å². The summed E-state index contributed by atoms with van der Waals surface area (Å²) in [7, 11) is -9.73. The van der Waals surface area contributed by atoms with Crippen LogP contribution in [0, 0.1) is 0 Å². The number of aromatic nitrogens is 1. The number of allylic oxidation sites excluding steroid dienone is 2. The first kappa shape index (κ1) is 36.0. The van der Waals surface area contributed by atoms with Crippen molar-refractivity contribution in [2.45, 2.75) is 19.2 Å². The van der Waals surface area contributed by atoms with Gasteiger partial charge in [-0.1, -0.05) is 0 Å². The summed E-state index contributed by atoms with van der Waals surface area (Å²) in [5, 5.41) is 2.94. The maximum absolute atomic E-state index is 12.6. The van der Waals surface area contributed by atoms with E-state index >= 15 is 0 Å². The third kappa shape index (κ3) is 6.59. The van der Waals surface area contributed by atoms with Crippen LogP contribution in [0.25, 0.3) is 59.7 Å². The van der Waals surface area contributed by atoms with Crippen molar-refractivity contribution in [3.05, 3.63) is 117 Å². The topological polar surface area (TPSA) is 148 Å². The summed E-state index contributed by atoms with van der Waals surface area (Å²) in [4.78, 5) is 1.37. The molecule has 8 rings (SSSR count). The Bertz CT molecular complexity index is 2980. The smallest absolute Gasteiger partial charge is 1.00 e. The fourth-order valence-corrected chi connectivity index (χ4v) is 12.5. The minimum absolute atomic E-state index is 0. The van der Waals surface area contributed by atoms with E-state index in [1.807, 2.05) is 79.7 Å². The summed E-state index contributed by atoms with van der Waals surface area (Å²) >= 11 is -0.873. The van der Waals surface area contributed by atoms with Crippen LogP contribution < -0.4 is 43.5 Å². The molecule has 0 saturated heterocycles. The Morgan fingerprint density at radius 1 is 0.902 bits per heavy atom. The van der Waals surface area contributed by atoms with Gasteiger partial charge in [-0.25, -0.2) is 0 Å². The predicted molar refractivity (Wildman–Crippen MR) is 192 cm³/mol. The van der Waals surface area contributed by atoms with E-state index in [9.17, 15) is 25.9 Å². The quantitative estimate of drug-likeness (QED) is 0.102. The van der Waals surface area contributed by atoms with Crippen LogP contribution in [0.5, 0.6) is 0 Å². The number of nitrogens with zero attached hydrogens (tertiary/aromatic N) is 2. The Balaban J connectivity index is 0.00000406. The molecule has 0 radical (unpaired) electrons. The van der Waals surface area contributed by atoms with Crippen molar-refractivity contribution in [2.24, 2.45) is 0 Å².